The van der Waals surface area contributed by atoms with Crippen molar-refractivity contribution in [2.75, 3.05) is 37.5 Å². The second-order valence-corrected chi connectivity index (χ2v) is 6.82. The average Bonchev–Trinajstić information content (AvgIpc) is 2.86. The van der Waals surface area contributed by atoms with Crippen molar-refractivity contribution < 1.29 is 27.4 Å². The standard InChI is InChI=1S/C19H18ClF3N2O3/c1-25(2)12-4-5-15(13(10-12)19(21,22)23)24-18(26)11-8-14(20)17-16(9-11)27-6-3-7-28-17/h4-5,8-10H,3,6-7H2,1-2H3,(H,24,26). The smallest absolute Gasteiger partial charge is 0.418 e. The van der Waals surface area contributed by atoms with E-state index < -0.39 is 17.6 Å². The fraction of sp³-hybridized carbons (Fsp3) is 0.316. The molecule has 9 heteroatoms. The molecule has 0 unspecified atom stereocenters. The van der Waals surface area contributed by atoms with Gasteiger partial charge in [-0.3, -0.25) is 4.79 Å². The molecule has 5 nitrogen and oxygen atoms in total. The Morgan fingerprint density at radius 2 is 1.86 bits per heavy atom. The van der Waals surface area contributed by atoms with Gasteiger partial charge in [-0.1, -0.05) is 11.6 Å². The first-order valence-corrected chi connectivity index (χ1v) is 8.83. The average molecular weight is 415 g/mol. The number of benzene rings is 2. The first-order valence-electron chi connectivity index (χ1n) is 8.46. The molecule has 0 fully saturated rings. The van der Waals surface area contributed by atoms with E-state index >= 15 is 0 Å². The first-order chi connectivity index (χ1) is 13.2. The zero-order chi connectivity index (χ0) is 20.5. The Hall–Kier alpha value is -2.61. The van der Waals surface area contributed by atoms with Crippen LogP contribution in [-0.4, -0.2) is 33.2 Å². The molecule has 2 aromatic rings. The summed E-state index contributed by atoms with van der Waals surface area (Å²) in [7, 11) is 3.26. The van der Waals surface area contributed by atoms with Gasteiger partial charge in [0, 0.05) is 31.8 Å². The van der Waals surface area contributed by atoms with Crippen molar-refractivity contribution in [3.8, 4) is 11.5 Å². The van der Waals surface area contributed by atoms with Gasteiger partial charge in [-0.25, -0.2) is 0 Å². The SMILES string of the molecule is CN(C)c1ccc(NC(=O)c2cc(Cl)c3c(c2)OCCCO3)c(C(F)(F)F)c1. The van der Waals surface area contributed by atoms with Gasteiger partial charge in [-0.15, -0.1) is 0 Å². The Morgan fingerprint density at radius 3 is 2.54 bits per heavy atom. The molecule has 0 bridgehead atoms. The lowest BCUT2D eigenvalue weighted by Gasteiger charge is -2.19. The molecule has 2 aromatic carbocycles. The van der Waals surface area contributed by atoms with Crippen LogP contribution in [0.2, 0.25) is 5.02 Å². The molecule has 0 spiro atoms. The number of nitrogens with zero attached hydrogens (tertiary/aromatic N) is 1. The van der Waals surface area contributed by atoms with Crippen molar-refractivity contribution in [3.63, 3.8) is 0 Å². The Labute approximate surface area is 165 Å². The van der Waals surface area contributed by atoms with Gasteiger partial charge >= 0.3 is 6.18 Å². The summed E-state index contributed by atoms with van der Waals surface area (Å²) in [5.74, 6) is -0.128. The zero-order valence-electron chi connectivity index (χ0n) is 15.2. The van der Waals surface area contributed by atoms with E-state index in [9.17, 15) is 18.0 Å². The van der Waals surface area contributed by atoms with Crippen LogP contribution >= 0.6 is 11.6 Å². The number of alkyl halides is 3. The molecule has 1 aliphatic heterocycles. The molecular formula is C19H18ClF3N2O3. The lowest BCUT2D eigenvalue weighted by molar-refractivity contribution is -0.136. The van der Waals surface area contributed by atoms with Gasteiger partial charge in [0.25, 0.3) is 5.91 Å². The van der Waals surface area contributed by atoms with Gasteiger partial charge in [0.15, 0.2) is 11.5 Å². The Kier molecular flexibility index (Phi) is 5.60. The number of carbonyl (C=O) groups is 1. The summed E-state index contributed by atoms with van der Waals surface area (Å²) in [6.45, 7) is 0.810. The van der Waals surface area contributed by atoms with Gasteiger partial charge < -0.3 is 19.7 Å². The summed E-state index contributed by atoms with van der Waals surface area (Å²) in [5, 5.41) is 2.47. The maximum Gasteiger partial charge on any atom is 0.418 e. The van der Waals surface area contributed by atoms with Gasteiger partial charge in [0.05, 0.1) is 29.5 Å². The van der Waals surface area contributed by atoms with Crippen LogP contribution in [0, 0.1) is 0 Å². The van der Waals surface area contributed by atoms with Crippen LogP contribution in [-0.2, 0) is 6.18 Å². The largest absolute Gasteiger partial charge is 0.489 e. The molecule has 1 aliphatic rings. The monoisotopic (exact) mass is 414 g/mol. The molecule has 28 heavy (non-hydrogen) atoms. The maximum atomic E-state index is 13.5. The second kappa shape index (κ2) is 7.79. The molecule has 0 saturated carbocycles. The van der Waals surface area contributed by atoms with E-state index in [1.54, 1.807) is 19.0 Å². The van der Waals surface area contributed by atoms with Crippen LogP contribution in [0.15, 0.2) is 30.3 Å². The summed E-state index contributed by atoms with van der Waals surface area (Å²) < 4.78 is 51.4. The van der Waals surface area contributed by atoms with Crippen molar-refractivity contribution in [2.24, 2.45) is 0 Å². The predicted octanol–water partition coefficient (Wildman–Crippen LogP) is 4.84. The molecule has 0 aromatic heterocycles. The summed E-state index contributed by atoms with van der Waals surface area (Å²) >= 11 is 6.16. The molecule has 1 N–H and O–H groups in total. The molecule has 1 amide bonds. The lowest BCUT2D eigenvalue weighted by atomic mass is 10.1. The van der Waals surface area contributed by atoms with Gasteiger partial charge in [-0.05, 0) is 30.3 Å². The summed E-state index contributed by atoms with van der Waals surface area (Å²) in [6.07, 6.45) is -3.98. The zero-order valence-corrected chi connectivity index (χ0v) is 15.9. The van der Waals surface area contributed by atoms with E-state index in [-0.39, 0.29) is 22.0 Å². The van der Waals surface area contributed by atoms with Crippen molar-refractivity contribution >= 4 is 28.9 Å². The lowest BCUT2D eigenvalue weighted by Crippen LogP contribution is -2.18. The molecule has 150 valence electrons. The fourth-order valence-electron chi connectivity index (χ4n) is 2.71. The van der Waals surface area contributed by atoms with Crippen molar-refractivity contribution in [1.82, 2.24) is 0 Å². The number of carbonyl (C=O) groups excluding carboxylic acids is 1. The van der Waals surface area contributed by atoms with E-state index in [1.165, 1.54) is 24.3 Å². The van der Waals surface area contributed by atoms with Crippen molar-refractivity contribution in [2.45, 2.75) is 12.6 Å². The van der Waals surface area contributed by atoms with Crippen LogP contribution in [0.25, 0.3) is 0 Å². The number of amides is 1. The minimum Gasteiger partial charge on any atom is -0.489 e. The van der Waals surface area contributed by atoms with Gasteiger partial charge in [0.2, 0.25) is 0 Å². The number of hydrogen-bond donors (Lipinski definition) is 1. The quantitative estimate of drug-likeness (QED) is 0.781. The highest BCUT2D eigenvalue weighted by atomic mass is 35.5. The highest BCUT2D eigenvalue weighted by Crippen LogP contribution is 2.39. The number of hydrogen-bond acceptors (Lipinski definition) is 4. The summed E-state index contributed by atoms with van der Waals surface area (Å²) in [4.78, 5) is 14.1. The van der Waals surface area contributed by atoms with E-state index in [1.807, 2.05) is 0 Å². The number of ether oxygens (including phenoxy) is 2. The molecular weight excluding hydrogens is 397 g/mol. The minimum absolute atomic E-state index is 0.0686. The third-order valence-corrected chi connectivity index (χ3v) is 4.42. The van der Waals surface area contributed by atoms with Crippen LogP contribution in [0.4, 0.5) is 24.5 Å². The van der Waals surface area contributed by atoms with E-state index in [2.05, 4.69) is 5.32 Å². The molecule has 3 rings (SSSR count). The summed E-state index contributed by atoms with van der Waals surface area (Å²) in [5.41, 5.74) is -0.846. The molecule has 0 atom stereocenters. The molecule has 0 saturated heterocycles. The topological polar surface area (TPSA) is 50.8 Å². The number of fused-ring (bicyclic) bond motifs is 1. The predicted molar refractivity (Wildman–Crippen MR) is 101 cm³/mol. The highest BCUT2D eigenvalue weighted by molar-refractivity contribution is 6.32. The van der Waals surface area contributed by atoms with E-state index in [4.69, 9.17) is 21.1 Å². The van der Waals surface area contributed by atoms with Gasteiger partial charge in [-0.2, -0.15) is 13.2 Å². The Morgan fingerprint density at radius 1 is 1.14 bits per heavy atom. The number of halogens is 4. The molecule has 0 aliphatic carbocycles. The highest BCUT2D eigenvalue weighted by Gasteiger charge is 2.34. The van der Waals surface area contributed by atoms with Crippen LogP contribution in [0.5, 0.6) is 11.5 Å². The van der Waals surface area contributed by atoms with Gasteiger partial charge in [0.1, 0.15) is 0 Å². The second-order valence-electron chi connectivity index (χ2n) is 6.41. The fourth-order valence-corrected chi connectivity index (χ4v) is 2.98. The van der Waals surface area contributed by atoms with Crippen molar-refractivity contribution in [1.29, 1.82) is 0 Å². The summed E-state index contributed by atoms with van der Waals surface area (Å²) in [6, 6.07) is 6.44. The normalized spacial score (nSPS) is 13.6. The minimum atomic E-state index is -4.63. The third kappa shape index (κ3) is 4.27. The number of rotatable bonds is 3. The Bertz CT molecular complexity index is 901. The van der Waals surface area contributed by atoms with Crippen LogP contribution in [0.1, 0.15) is 22.3 Å². The molecule has 0 radical (unpaired) electrons. The van der Waals surface area contributed by atoms with Crippen LogP contribution < -0.4 is 19.7 Å². The number of nitrogens with one attached hydrogen (secondary N) is 1. The third-order valence-electron chi connectivity index (χ3n) is 4.14. The van der Waals surface area contributed by atoms with E-state index in [0.29, 0.717) is 31.1 Å². The Balaban J connectivity index is 1.93. The van der Waals surface area contributed by atoms with Crippen LogP contribution in [0.3, 0.4) is 0 Å². The number of anilines is 2. The maximum absolute atomic E-state index is 13.5. The molecule has 1 heterocycles. The van der Waals surface area contributed by atoms with Crippen molar-refractivity contribution in [3.05, 3.63) is 46.5 Å². The van der Waals surface area contributed by atoms with E-state index in [0.717, 1.165) is 6.07 Å². The first kappa shape index (κ1) is 20.1.